The topological polar surface area (TPSA) is 37.8 Å². The molecule has 84 valence electrons. The third-order valence-corrected chi connectivity index (χ3v) is 3.37. The van der Waals surface area contributed by atoms with Crippen molar-refractivity contribution in [3.8, 4) is 0 Å². The van der Waals surface area contributed by atoms with Crippen LogP contribution in [-0.4, -0.2) is 17.0 Å². The molecule has 2 rings (SSSR count). The molecular formula is C12H15N3S. The van der Waals surface area contributed by atoms with Gasteiger partial charge in [-0.1, -0.05) is 0 Å². The lowest BCUT2D eigenvalue weighted by Gasteiger charge is -2.15. The van der Waals surface area contributed by atoms with Gasteiger partial charge in [0.15, 0.2) is 0 Å². The Kier molecular flexibility index (Phi) is 4.02. The largest absolute Gasteiger partial charge is 0.313 e. The number of hydrogen-bond donors (Lipinski definition) is 1. The highest BCUT2D eigenvalue weighted by Crippen LogP contribution is 2.18. The van der Waals surface area contributed by atoms with E-state index in [1.807, 2.05) is 19.4 Å². The molecule has 0 spiro atoms. The summed E-state index contributed by atoms with van der Waals surface area (Å²) in [4.78, 5) is 8.10. The van der Waals surface area contributed by atoms with Gasteiger partial charge in [0.1, 0.15) is 6.33 Å². The Labute approximate surface area is 99.6 Å². The molecule has 0 fully saturated rings. The van der Waals surface area contributed by atoms with E-state index in [0.717, 1.165) is 18.4 Å². The summed E-state index contributed by atoms with van der Waals surface area (Å²) in [5, 5.41) is 7.63. The lowest BCUT2D eigenvalue weighted by atomic mass is 10.0. The molecule has 0 aliphatic heterocycles. The molecule has 2 heterocycles. The molecule has 0 aromatic carbocycles. The standard InChI is InChI=1S/C12H15N3S/c1-13-12(11-6-14-9-15-7-11)3-2-10-4-5-16-8-10/h4-9,12-13H,2-3H2,1H3. The molecule has 2 aromatic heterocycles. The average molecular weight is 233 g/mol. The van der Waals surface area contributed by atoms with Crippen molar-refractivity contribution in [2.45, 2.75) is 18.9 Å². The number of nitrogens with one attached hydrogen (secondary N) is 1. The maximum Gasteiger partial charge on any atom is 0.115 e. The van der Waals surface area contributed by atoms with Gasteiger partial charge in [-0.2, -0.15) is 11.3 Å². The Morgan fingerprint density at radius 1 is 1.38 bits per heavy atom. The first-order chi connectivity index (χ1) is 7.90. The highest BCUT2D eigenvalue weighted by Gasteiger charge is 2.09. The van der Waals surface area contributed by atoms with Crippen molar-refractivity contribution in [1.82, 2.24) is 15.3 Å². The van der Waals surface area contributed by atoms with Gasteiger partial charge in [-0.25, -0.2) is 9.97 Å². The van der Waals surface area contributed by atoms with Gasteiger partial charge in [-0.15, -0.1) is 0 Å². The zero-order chi connectivity index (χ0) is 11.2. The molecule has 2 aromatic rings. The zero-order valence-electron chi connectivity index (χ0n) is 9.26. The molecule has 0 bridgehead atoms. The maximum atomic E-state index is 4.05. The molecule has 0 amide bonds. The van der Waals surface area contributed by atoms with Crippen LogP contribution in [0, 0.1) is 0 Å². The average Bonchev–Trinajstić information content (AvgIpc) is 2.84. The predicted octanol–water partition coefficient (Wildman–Crippen LogP) is 2.43. The van der Waals surface area contributed by atoms with Crippen LogP contribution in [0.25, 0.3) is 0 Å². The van der Waals surface area contributed by atoms with Gasteiger partial charge >= 0.3 is 0 Å². The van der Waals surface area contributed by atoms with Crippen molar-refractivity contribution in [1.29, 1.82) is 0 Å². The molecule has 0 saturated carbocycles. The number of thiophene rings is 1. The third kappa shape index (κ3) is 2.87. The van der Waals surface area contributed by atoms with E-state index in [1.54, 1.807) is 17.7 Å². The maximum absolute atomic E-state index is 4.05. The van der Waals surface area contributed by atoms with Crippen LogP contribution in [0.5, 0.6) is 0 Å². The first-order valence-corrected chi connectivity index (χ1v) is 6.27. The van der Waals surface area contributed by atoms with Gasteiger partial charge in [0.05, 0.1) is 0 Å². The Balaban J connectivity index is 1.96. The number of aromatic nitrogens is 2. The third-order valence-electron chi connectivity index (χ3n) is 2.63. The van der Waals surface area contributed by atoms with E-state index in [-0.39, 0.29) is 0 Å². The Morgan fingerprint density at radius 3 is 2.81 bits per heavy atom. The van der Waals surface area contributed by atoms with Crippen LogP contribution in [0.4, 0.5) is 0 Å². The second-order valence-corrected chi connectivity index (χ2v) is 4.46. The summed E-state index contributed by atoms with van der Waals surface area (Å²) in [6.45, 7) is 0. The summed E-state index contributed by atoms with van der Waals surface area (Å²) >= 11 is 1.75. The highest BCUT2D eigenvalue weighted by molar-refractivity contribution is 7.07. The Bertz CT molecular complexity index is 399. The SMILES string of the molecule is CNC(CCc1ccsc1)c1cncnc1. The lowest BCUT2D eigenvalue weighted by Crippen LogP contribution is -2.17. The minimum Gasteiger partial charge on any atom is -0.313 e. The van der Waals surface area contributed by atoms with Crippen LogP contribution in [0.15, 0.2) is 35.5 Å². The number of rotatable bonds is 5. The first kappa shape index (κ1) is 11.2. The van der Waals surface area contributed by atoms with Crippen LogP contribution in [0.1, 0.15) is 23.6 Å². The molecule has 1 N–H and O–H groups in total. The molecular weight excluding hydrogens is 218 g/mol. The van der Waals surface area contributed by atoms with Crippen LogP contribution in [0.3, 0.4) is 0 Å². The fraction of sp³-hybridized carbons (Fsp3) is 0.333. The van der Waals surface area contributed by atoms with Gasteiger partial charge < -0.3 is 5.32 Å². The molecule has 0 aliphatic rings. The molecule has 1 unspecified atom stereocenters. The molecule has 16 heavy (non-hydrogen) atoms. The smallest absolute Gasteiger partial charge is 0.115 e. The normalized spacial score (nSPS) is 12.6. The number of nitrogens with zero attached hydrogens (tertiary/aromatic N) is 2. The molecule has 0 saturated heterocycles. The first-order valence-electron chi connectivity index (χ1n) is 5.33. The van der Waals surface area contributed by atoms with E-state index in [9.17, 15) is 0 Å². The molecule has 1 atom stereocenters. The minimum absolute atomic E-state index is 0.334. The molecule has 4 heteroatoms. The minimum atomic E-state index is 0.334. The van der Waals surface area contributed by atoms with Gasteiger partial charge in [-0.05, 0) is 42.3 Å². The van der Waals surface area contributed by atoms with E-state index < -0.39 is 0 Å². The lowest BCUT2D eigenvalue weighted by molar-refractivity contribution is 0.546. The van der Waals surface area contributed by atoms with E-state index >= 15 is 0 Å². The van der Waals surface area contributed by atoms with E-state index in [1.165, 1.54) is 5.56 Å². The van der Waals surface area contributed by atoms with E-state index in [0.29, 0.717) is 6.04 Å². The second-order valence-electron chi connectivity index (χ2n) is 3.68. The van der Waals surface area contributed by atoms with Crippen molar-refractivity contribution < 1.29 is 0 Å². The van der Waals surface area contributed by atoms with Gasteiger partial charge in [0.25, 0.3) is 0 Å². The van der Waals surface area contributed by atoms with Gasteiger partial charge in [-0.3, -0.25) is 0 Å². The summed E-state index contributed by atoms with van der Waals surface area (Å²) in [5.41, 5.74) is 2.56. The summed E-state index contributed by atoms with van der Waals surface area (Å²) in [7, 11) is 1.98. The quantitative estimate of drug-likeness (QED) is 0.862. The van der Waals surface area contributed by atoms with E-state index in [4.69, 9.17) is 0 Å². The molecule has 0 aliphatic carbocycles. The predicted molar refractivity (Wildman–Crippen MR) is 66.5 cm³/mol. The van der Waals surface area contributed by atoms with Crippen LogP contribution < -0.4 is 5.32 Å². The van der Waals surface area contributed by atoms with Crippen molar-refractivity contribution in [3.63, 3.8) is 0 Å². The molecule has 0 radical (unpaired) electrons. The monoisotopic (exact) mass is 233 g/mol. The summed E-state index contributed by atoms with van der Waals surface area (Å²) in [5.74, 6) is 0. The zero-order valence-corrected chi connectivity index (χ0v) is 10.1. The summed E-state index contributed by atoms with van der Waals surface area (Å²) < 4.78 is 0. The van der Waals surface area contributed by atoms with Crippen molar-refractivity contribution >= 4 is 11.3 Å². The fourth-order valence-corrected chi connectivity index (χ4v) is 2.42. The fourth-order valence-electron chi connectivity index (χ4n) is 1.71. The van der Waals surface area contributed by atoms with Gasteiger partial charge in [0, 0.05) is 24.0 Å². The van der Waals surface area contributed by atoms with Crippen molar-refractivity contribution in [2.75, 3.05) is 7.05 Å². The van der Waals surface area contributed by atoms with E-state index in [2.05, 4.69) is 32.1 Å². The van der Waals surface area contributed by atoms with Crippen LogP contribution >= 0.6 is 11.3 Å². The van der Waals surface area contributed by atoms with Crippen LogP contribution in [-0.2, 0) is 6.42 Å². The Hall–Kier alpha value is -1.26. The Morgan fingerprint density at radius 2 is 2.19 bits per heavy atom. The highest BCUT2D eigenvalue weighted by atomic mass is 32.1. The second kappa shape index (κ2) is 5.72. The van der Waals surface area contributed by atoms with Crippen molar-refractivity contribution in [2.24, 2.45) is 0 Å². The van der Waals surface area contributed by atoms with Crippen LogP contribution in [0.2, 0.25) is 0 Å². The van der Waals surface area contributed by atoms with Gasteiger partial charge in [0.2, 0.25) is 0 Å². The summed E-state index contributed by atoms with van der Waals surface area (Å²) in [6.07, 6.45) is 7.48. The summed E-state index contributed by atoms with van der Waals surface area (Å²) in [6, 6.07) is 2.51. The van der Waals surface area contributed by atoms with Crippen molar-refractivity contribution in [3.05, 3.63) is 46.7 Å². The number of aryl methyl sites for hydroxylation is 1. The number of hydrogen-bond acceptors (Lipinski definition) is 4. The molecule has 3 nitrogen and oxygen atoms in total.